The summed E-state index contributed by atoms with van der Waals surface area (Å²) in [6, 6.07) is 4.54. The summed E-state index contributed by atoms with van der Waals surface area (Å²) in [5.74, 6) is 0. The first-order valence-corrected chi connectivity index (χ1v) is 11.4. The molecule has 0 spiro atoms. The summed E-state index contributed by atoms with van der Waals surface area (Å²) in [6.07, 6.45) is 0. The van der Waals surface area contributed by atoms with Crippen molar-refractivity contribution in [3.05, 3.63) is 43.8 Å². The molecule has 2 aromatic rings. The minimum Gasteiger partial charge on any atom is -0.148 e. The van der Waals surface area contributed by atoms with Crippen molar-refractivity contribution in [3.8, 4) is 0 Å². The standard InChI is InChI=1S/2C12H20S/c2*1-11(2,3)9-7-8-13-10(9)12(4,5)6/h2*7-8H,1-6H3. The van der Waals surface area contributed by atoms with Crippen LogP contribution in [0.2, 0.25) is 0 Å². The molecule has 0 saturated carbocycles. The fourth-order valence-electron chi connectivity index (χ4n) is 2.96. The van der Waals surface area contributed by atoms with E-state index in [1.807, 2.05) is 22.7 Å². The Morgan fingerprint density at radius 1 is 0.462 bits per heavy atom. The third-order valence-electron chi connectivity index (χ3n) is 4.31. The van der Waals surface area contributed by atoms with Gasteiger partial charge in [-0.15, -0.1) is 22.7 Å². The zero-order chi connectivity index (χ0) is 20.6. The molecule has 0 fully saturated rings. The maximum absolute atomic E-state index is 2.29. The molecule has 0 bridgehead atoms. The smallest absolute Gasteiger partial charge is 0.0136 e. The second-order valence-corrected chi connectivity index (χ2v) is 13.2. The van der Waals surface area contributed by atoms with Crippen LogP contribution in [0.25, 0.3) is 0 Å². The molecule has 26 heavy (non-hydrogen) atoms. The Labute approximate surface area is 171 Å². The van der Waals surface area contributed by atoms with E-state index in [9.17, 15) is 0 Å². The SMILES string of the molecule is CC(C)(C)c1ccsc1C(C)(C)C.CC(C)(C)c1ccsc1C(C)(C)C. The van der Waals surface area contributed by atoms with E-state index in [1.165, 1.54) is 20.9 Å². The third-order valence-corrected chi connectivity index (χ3v) is 6.99. The van der Waals surface area contributed by atoms with Gasteiger partial charge in [-0.1, -0.05) is 83.1 Å². The van der Waals surface area contributed by atoms with Crippen molar-refractivity contribution in [2.45, 2.75) is 105 Å². The van der Waals surface area contributed by atoms with E-state index in [0.717, 1.165) is 0 Å². The van der Waals surface area contributed by atoms with Crippen molar-refractivity contribution in [2.24, 2.45) is 0 Å². The Kier molecular flexibility index (Phi) is 7.03. The van der Waals surface area contributed by atoms with E-state index in [4.69, 9.17) is 0 Å². The van der Waals surface area contributed by atoms with Crippen molar-refractivity contribution in [1.82, 2.24) is 0 Å². The van der Waals surface area contributed by atoms with Crippen molar-refractivity contribution in [3.63, 3.8) is 0 Å². The topological polar surface area (TPSA) is 0 Å². The molecule has 0 aliphatic carbocycles. The van der Waals surface area contributed by atoms with Crippen LogP contribution in [0.1, 0.15) is 104 Å². The highest BCUT2D eigenvalue weighted by atomic mass is 32.1. The molecule has 2 rings (SSSR count). The van der Waals surface area contributed by atoms with Crippen LogP contribution in [0.5, 0.6) is 0 Å². The largest absolute Gasteiger partial charge is 0.148 e. The fraction of sp³-hybridized carbons (Fsp3) is 0.667. The predicted molar refractivity (Wildman–Crippen MR) is 123 cm³/mol. The summed E-state index contributed by atoms with van der Waals surface area (Å²) >= 11 is 3.77. The van der Waals surface area contributed by atoms with E-state index < -0.39 is 0 Å². The minimum atomic E-state index is 0.280. The van der Waals surface area contributed by atoms with Gasteiger partial charge in [0.15, 0.2) is 0 Å². The monoisotopic (exact) mass is 392 g/mol. The summed E-state index contributed by atoms with van der Waals surface area (Å²) in [7, 11) is 0. The zero-order valence-corrected chi connectivity index (χ0v) is 20.8. The van der Waals surface area contributed by atoms with Gasteiger partial charge in [-0.05, 0) is 55.7 Å². The molecule has 0 aliphatic heterocycles. The van der Waals surface area contributed by atoms with Crippen LogP contribution in [0, 0.1) is 0 Å². The Morgan fingerprint density at radius 3 is 0.885 bits per heavy atom. The van der Waals surface area contributed by atoms with E-state index in [0.29, 0.717) is 0 Å². The van der Waals surface area contributed by atoms with Crippen LogP contribution in [0.4, 0.5) is 0 Å². The molecule has 0 amide bonds. The zero-order valence-electron chi connectivity index (χ0n) is 19.1. The molecule has 0 radical (unpaired) electrons. The molecule has 0 saturated heterocycles. The van der Waals surface area contributed by atoms with E-state index in [2.05, 4.69) is 106 Å². The number of thiophene rings is 2. The van der Waals surface area contributed by atoms with Gasteiger partial charge in [0.05, 0.1) is 0 Å². The molecule has 2 heterocycles. The van der Waals surface area contributed by atoms with Crippen molar-refractivity contribution < 1.29 is 0 Å². The van der Waals surface area contributed by atoms with Gasteiger partial charge in [-0.25, -0.2) is 0 Å². The quantitative estimate of drug-likeness (QED) is 0.420. The van der Waals surface area contributed by atoms with Gasteiger partial charge in [-0.3, -0.25) is 0 Å². The van der Waals surface area contributed by atoms with Gasteiger partial charge in [0, 0.05) is 9.75 Å². The van der Waals surface area contributed by atoms with Crippen LogP contribution in [0.3, 0.4) is 0 Å². The van der Waals surface area contributed by atoms with Gasteiger partial charge in [0.1, 0.15) is 0 Å². The Bertz CT molecular complexity index is 567. The summed E-state index contributed by atoms with van der Waals surface area (Å²) < 4.78 is 0. The van der Waals surface area contributed by atoms with Gasteiger partial charge in [0.25, 0.3) is 0 Å². The Hall–Kier alpha value is -0.600. The molecular formula is C24H40S2. The summed E-state index contributed by atoms with van der Waals surface area (Å²) in [5, 5.41) is 4.42. The van der Waals surface area contributed by atoms with Gasteiger partial charge < -0.3 is 0 Å². The average molecular weight is 393 g/mol. The Morgan fingerprint density at radius 2 is 0.731 bits per heavy atom. The number of hydrogen-bond acceptors (Lipinski definition) is 2. The lowest BCUT2D eigenvalue weighted by molar-refractivity contribution is 0.542. The van der Waals surface area contributed by atoms with Gasteiger partial charge in [-0.2, -0.15) is 0 Å². The summed E-state index contributed by atoms with van der Waals surface area (Å²) in [5.41, 5.74) is 4.15. The van der Waals surface area contributed by atoms with Crippen LogP contribution in [-0.2, 0) is 21.7 Å². The average Bonchev–Trinajstić information content (AvgIpc) is 3.06. The van der Waals surface area contributed by atoms with E-state index >= 15 is 0 Å². The molecular weight excluding hydrogens is 352 g/mol. The second kappa shape index (κ2) is 7.80. The first-order chi connectivity index (χ1) is 11.5. The van der Waals surface area contributed by atoms with Crippen molar-refractivity contribution >= 4 is 22.7 Å². The maximum atomic E-state index is 2.29. The Balaban J connectivity index is 0.000000260. The highest BCUT2D eigenvalue weighted by Crippen LogP contribution is 2.38. The summed E-state index contributed by atoms with van der Waals surface area (Å²) in [4.78, 5) is 3.06. The predicted octanol–water partition coefficient (Wildman–Crippen LogP) is 8.69. The first kappa shape index (κ1) is 23.4. The molecule has 2 aromatic heterocycles. The van der Waals surface area contributed by atoms with Gasteiger partial charge >= 0.3 is 0 Å². The third kappa shape index (κ3) is 6.23. The second-order valence-electron chi connectivity index (χ2n) is 11.3. The van der Waals surface area contributed by atoms with Crippen molar-refractivity contribution in [2.75, 3.05) is 0 Å². The molecule has 148 valence electrons. The maximum Gasteiger partial charge on any atom is 0.0136 e. The van der Waals surface area contributed by atoms with Gasteiger partial charge in [0.2, 0.25) is 0 Å². The number of hydrogen-bond donors (Lipinski definition) is 0. The highest BCUT2D eigenvalue weighted by Gasteiger charge is 2.26. The lowest BCUT2D eigenvalue weighted by Crippen LogP contribution is -2.19. The minimum absolute atomic E-state index is 0.280. The van der Waals surface area contributed by atoms with Crippen LogP contribution >= 0.6 is 22.7 Å². The fourth-order valence-corrected chi connectivity index (χ4v) is 5.35. The molecule has 0 aromatic carbocycles. The molecule has 0 nitrogen and oxygen atoms in total. The molecule has 0 atom stereocenters. The molecule has 0 aliphatic rings. The lowest BCUT2D eigenvalue weighted by Gasteiger charge is -2.26. The lowest BCUT2D eigenvalue weighted by atomic mass is 9.81. The van der Waals surface area contributed by atoms with E-state index in [-0.39, 0.29) is 21.7 Å². The normalized spacial score (nSPS) is 13.4. The summed E-state index contributed by atoms with van der Waals surface area (Å²) in [6.45, 7) is 27.4. The highest BCUT2D eigenvalue weighted by molar-refractivity contribution is 7.10. The van der Waals surface area contributed by atoms with E-state index in [1.54, 1.807) is 0 Å². The molecule has 2 heteroatoms. The molecule has 0 N–H and O–H groups in total. The van der Waals surface area contributed by atoms with Crippen molar-refractivity contribution in [1.29, 1.82) is 0 Å². The molecule has 0 unspecified atom stereocenters. The number of rotatable bonds is 0. The van der Waals surface area contributed by atoms with Crippen LogP contribution < -0.4 is 0 Å². The van der Waals surface area contributed by atoms with Crippen LogP contribution in [-0.4, -0.2) is 0 Å². The first-order valence-electron chi connectivity index (χ1n) is 9.62. The van der Waals surface area contributed by atoms with Crippen LogP contribution in [0.15, 0.2) is 22.9 Å².